The number of anilines is 1. The van der Waals surface area contributed by atoms with Crippen LogP contribution in [0.25, 0.3) is 0 Å². The molecule has 0 saturated carbocycles. The van der Waals surface area contributed by atoms with E-state index in [1.807, 2.05) is 0 Å². The quantitative estimate of drug-likeness (QED) is 0.789. The maximum absolute atomic E-state index is 11.9. The number of benzene rings is 1. The van der Waals surface area contributed by atoms with Gasteiger partial charge in [-0.2, -0.15) is 0 Å². The molecule has 1 saturated heterocycles. The van der Waals surface area contributed by atoms with E-state index in [0.29, 0.717) is 24.1 Å². The molecule has 1 heterocycles. The highest BCUT2D eigenvalue weighted by Crippen LogP contribution is 2.25. The first kappa shape index (κ1) is 11.8. The third-order valence-corrected chi connectivity index (χ3v) is 2.93. The second-order valence-electron chi connectivity index (χ2n) is 4.12. The first-order valence-electron chi connectivity index (χ1n) is 5.78. The molecule has 1 N–H and O–H groups in total. The van der Waals surface area contributed by atoms with Gasteiger partial charge in [-0.25, -0.2) is 0 Å². The molecule has 1 aromatic carbocycles. The number of carbonyl (C=O) groups is 2. The van der Waals surface area contributed by atoms with E-state index in [-0.39, 0.29) is 18.4 Å². The predicted octanol–water partition coefficient (Wildman–Crippen LogP) is 1.61. The fourth-order valence-electron chi connectivity index (χ4n) is 2.05. The van der Waals surface area contributed by atoms with Crippen LogP contribution in [-0.4, -0.2) is 16.9 Å². The minimum Gasteiger partial charge on any atom is -0.392 e. The highest BCUT2D eigenvalue weighted by molar-refractivity contribution is 6.15. The molecule has 4 heteroatoms. The minimum atomic E-state index is -0.173. The third-order valence-electron chi connectivity index (χ3n) is 2.93. The Morgan fingerprint density at radius 3 is 2.24 bits per heavy atom. The monoisotopic (exact) mass is 233 g/mol. The topological polar surface area (TPSA) is 57.6 Å². The van der Waals surface area contributed by atoms with Crippen molar-refractivity contribution in [1.29, 1.82) is 0 Å². The zero-order valence-electron chi connectivity index (χ0n) is 9.56. The molecule has 0 unspecified atom stereocenters. The molecular weight excluding hydrogens is 218 g/mol. The standard InChI is InChI=1S/C13H15NO3/c15-9-10-5-1-2-6-11(10)14-12(16)7-3-4-8-13(14)17/h1-2,5-6,15H,3-4,7-9H2. The lowest BCUT2D eigenvalue weighted by Gasteiger charge is -2.21. The van der Waals surface area contributed by atoms with Crippen LogP contribution in [0.4, 0.5) is 5.69 Å². The van der Waals surface area contributed by atoms with Crippen LogP contribution >= 0.6 is 0 Å². The molecule has 0 spiro atoms. The molecule has 0 radical (unpaired) electrons. The Morgan fingerprint density at radius 2 is 1.65 bits per heavy atom. The first-order chi connectivity index (χ1) is 8.24. The summed E-state index contributed by atoms with van der Waals surface area (Å²) in [5.41, 5.74) is 1.13. The van der Waals surface area contributed by atoms with Gasteiger partial charge in [0.15, 0.2) is 0 Å². The molecule has 0 aliphatic carbocycles. The summed E-state index contributed by atoms with van der Waals surface area (Å²) in [7, 11) is 0. The molecule has 1 aliphatic rings. The summed E-state index contributed by atoms with van der Waals surface area (Å²) >= 11 is 0. The maximum Gasteiger partial charge on any atom is 0.233 e. The number of aliphatic hydroxyl groups is 1. The second-order valence-corrected chi connectivity index (χ2v) is 4.12. The maximum atomic E-state index is 11.9. The Bertz CT molecular complexity index is 424. The van der Waals surface area contributed by atoms with Crippen molar-refractivity contribution in [1.82, 2.24) is 0 Å². The van der Waals surface area contributed by atoms with Crippen LogP contribution in [0.1, 0.15) is 31.2 Å². The molecule has 2 rings (SSSR count). The Labute approximate surface area is 99.9 Å². The molecule has 4 nitrogen and oxygen atoms in total. The highest BCUT2D eigenvalue weighted by Gasteiger charge is 2.26. The fraction of sp³-hybridized carbons (Fsp3) is 0.385. The Morgan fingerprint density at radius 1 is 1.06 bits per heavy atom. The summed E-state index contributed by atoms with van der Waals surface area (Å²) in [6.45, 7) is -0.173. The molecular formula is C13H15NO3. The highest BCUT2D eigenvalue weighted by atomic mass is 16.3. The zero-order valence-corrected chi connectivity index (χ0v) is 9.56. The van der Waals surface area contributed by atoms with Crippen LogP contribution in [0.3, 0.4) is 0 Å². The average molecular weight is 233 g/mol. The van der Waals surface area contributed by atoms with E-state index in [0.717, 1.165) is 12.8 Å². The second kappa shape index (κ2) is 5.10. The van der Waals surface area contributed by atoms with Gasteiger partial charge in [-0.05, 0) is 18.9 Å². The van der Waals surface area contributed by atoms with Crippen LogP contribution in [-0.2, 0) is 16.2 Å². The van der Waals surface area contributed by atoms with Gasteiger partial charge in [-0.3, -0.25) is 14.5 Å². The van der Waals surface area contributed by atoms with Gasteiger partial charge in [-0.1, -0.05) is 18.2 Å². The molecule has 0 atom stereocenters. The number of rotatable bonds is 2. The first-order valence-corrected chi connectivity index (χ1v) is 5.78. The predicted molar refractivity (Wildman–Crippen MR) is 63.3 cm³/mol. The summed E-state index contributed by atoms with van der Waals surface area (Å²) in [6.07, 6.45) is 2.29. The van der Waals surface area contributed by atoms with Crippen molar-refractivity contribution in [2.24, 2.45) is 0 Å². The number of nitrogens with zero attached hydrogens (tertiary/aromatic N) is 1. The molecule has 17 heavy (non-hydrogen) atoms. The van der Waals surface area contributed by atoms with E-state index in [1.54, 1.807) is 24.3 Å². The Hall–Kier alpha value is -1.68. The molecule has 1 aromatic rings. The number of carbonyl (C=O) groups excluding carboxylic acids is 2. The van der Waals surface area contributed by atoms with Crippen molar-refractivity contribution in [2.45, 2.75) is 32.3 Å². The van der Waals surface area contributed by atoms with Crippen molar-refractivity contribution in [3.05, 3.63) is 29.8 Å². The lowest BCUT2D eigenvalue weighted by Crippen LogP contribution is -2.35. The van der Waals surface area contributed by atoms with Crippen LogP contribution in [0.2, 0.25) is 0 Å². The van der Waals surface area contributed by atoms with E-state index in [1.165, 1.54) is 4.90 Å². The lowest BCUT2D eigenvalue weighted by atomic mass is 10.1. The van der Waals surface area contributed by atoms with Gasteiger partial charge in [0.1, 0.15) is 0 Å². The van der Waals surface area contributed by atoms with Gasteiger partial charge in [0.25, 0.3) is 0 Å². The van der Waals surface area contributed by atoms with Gasteiger partial charge >= 0.3 is 0 Å². The number of hydrogen-bond acceptors (Lipinski definition) is 3. The smallest absolute Gasteiger partial charge is 0.233 e. The van der Waals surface area contributed by atoms with Gasteiger partial charge in [0.05, 0.1) is 12.3 Å². The summed E-state index contributed by atoms with van der Waals surface area (Å²) in [4.78, 5) is 25.1. The van der Waals surface area contributed by atoms with Crippen LogP contribution < -0.4 is 4.90 Å². The van der Waals surface area contributed by atoms with Gasteiger partial charge in [0.2, 0.25) is 11.8 Å². The van der Waals surface area contributed by atoms with E-state index in [2.05, 4.69) is 0 Å². The van der Waals surface area contributed by atoms with E-state index in [4.69, 9.17) is 0 Å². The minimum absolute atomic E-state index is 0.173. The third kappa shape index (κ3) is 2.36. The van der Waals surface area contributed by atoms with Gasteiger partial charge in [-0.15, -0.1) is 0 Å². The Balaban J connectivity index is 2.41. The zero-order chi connectivity index (χ0) is 12.3. The fourth-order valence-corrected chi connectivity index (χ4v) is 2.05. The summed E-state index contributed by atoms with van der Waals surface area (Å²) in [6, 6.07) is 6.97. The number of aliphatic hydroxyl groups excluding tert-OH is 1. The van der Waals surface area contributed by atoms with Crippen molar-refractivity contribution < 1.29 is 14.7 Å². The van der Waals surface area contributed by atoms with Crippen molar-refractivity contribution in [2.75, 3.05) is 4.90 Å². The molecule has 2 amide bonds. The van der Waals surface area contributed by atoms with Crippen molar-refractivity contribution in [3.63, 3.8) is 0 Å². The number of hydrogen-bond donors (Lipinski definition) is 1. The van der Waals surface area contributed by atoms with Crippen molar-refractivity contribution in [3.8, 4) is 0 Å². The van der Waals surface area contributed by atoms with E-state index in [9.17, 15) is 14.7 Å². The number of para-hydroxylation sites is 1. The molecule has 1 aliphatic heterocycles. The average Bonchev–Trinajstić information content (AvgIpc) is 2.51. The normalized spacial score (nSPS) is 17.1. The van der Waals surface area contributed by atoms with Gasteiger partial charge < -0.3 is 5.11 Å². The SMILES string of the molecule is O=C1CCCCC(=O)N1c1ccccc1CO. The molecule has 0 bridgehead atoms. The van der Waals surface area contributed by atoms with Crippen LogP contribution in [0, 0.1) is 0 Å². The van der Waals surface area contributed by atoms with E-state index >= 15 is 0 Å². The van der Waals surface area contributed by atoms with Gasteiger partial charge in [0, 0.05) is 18.4 Å². The summed E-state index contributed by atoms with van der Waals surface area (Å²) in [5, 5.41) is 9.24. The van der Waals surface area contributed by atoms with Crippen LogP contribution in [0.15, 0.2) is 24.3 Å². The Kier molecular flexibility index (Phi) is 3.54. The lowest BCUT2D eigenvalue weighted by molar-refractivity contribution is -0.125. The van der Waals surface area contributed by atoms with Crippen LogP contribution in [0.5, 0.6) is 0 Å². The molecule has 90 valence electrons. The number of amides is 2. The summed E-state index contributed by atoms with van der Waals surface area (Å²) in [5.74, 6) is -0.346. The largest absolute Gasteiger partial charge is 0.392 e. The van der Waals surface area contributed by atoms with Crippen molar-refractivity contribution >= 4 is 17.5 Å². The molecule has 1 fully saturated rings. The summed E-state index contributed by atoms with van der Waals surface area (Å²) < 4.78 is 0. The van der Waals surface area contributed by atoms with E-state index < -0.39 is 0 Å². The number of imide groups is 1. The molecule has 0 aromatic heterocycles.